The van der Waals surface area contributed by atoms with Crippen LogP contribution in [0, 0.1) is 0 Å². The molecular weight excluding hydrogens is 422 g/mol. The third-order valence-corrected chi connectivity index (χ3v) is 5.65. The molecule has 2 aromatic carbocycles. The Balaban J connectivity index is 1.43. The minimum absolute atomic E-state index is 0.153. The van der Waals surface area contributed by atoms with E-state index in [1.807, 2.05) is 30.3 Å². The number of carbonyl (C=O) groups excluding carboxylic acids is 3. The molecule has 3 rings (SSSR count). The first-order valence-electron chi connectivity index (χ1n) is 8.95. The summed E-state index contributed by atoms with van der Waals surface area (Å²) in [6.07, 6.45) is 0.256. The second-order valence-electron chi connectivity index (χ2n) is 6.18. The molecule has 1 heterocycles. The van der Waals surface area contributed by atoms with E-state index in [1.165, 1.54) is 30.0 Å². The second-order valence-corrected chi connectivity index (χ2v) is 8.38. The Morgan fingerprint density at radius 2 is 1.53 bits per heavy atom. The van der Waals surface area contributed by atoms with Crippen LogP contribution in [0.5, 0.6) is 0 Å². The molecule has 8 nitrogen and oxygen atoms in total. The number of nitrogens with zero attached hydrogens (tertiary/aromatic N) is 2. The lowest BCUT2D eigenvalue weighted by atomic mass is 10.1. The molecule has 0 fully saturated rings. The van der Waals surface area contributed by atoms with E-state index in [-0.39, 0.29) is 29.9 Å². The van der Waals surface area contributed by atoms with Crippen molar-refractivity contribution < 1.29 is 14.4 Å². The van der Waals surface area contributed by atoms with Crippen molar-refractivity contribution in [3.63, 3.8) is 0 Å². The van der Waals surface area contributed by atoms with E-state index < -0.39 is 0 Å². The van der Waals surface area contributed by atoms with E-state index in [0.717, 1.165) is 5.56 Å². The molecule has 1 aromatic heterocycles. The summed E-state index contributed by atoms with van der Waals surface area (Å²) in [6, 6.07) is 16.2. The molecule has 154 valence electrons. The van der Waals surface area contributed by atoms with Crippen LogP contribution in [0.3, 0.4) is 0 Å². The summed E-state index contributed by atoms with van der Waals surface area (Å²) in [5.41, 5.74) is 2.20. The van der Waals surface area contributed by atoms with E-state index in [2.05, 4.69) is 26.1 Å². The molecule has 10 heteroatoms. The van der Waals surface area contributed by atoms with Crippen LogP contribution in [-0.2, 0) is 20.8 Å². The molecule has 0 bridgehead atoms. The van der Waals surface area contributed by atoms with Crippen LogP contribution in [0.2, 0.25) is 0 Å². The SMILES string of the molecule is CC(=O)Nc1ccc(NC(=O)CSc2nnc(NC(=O)Cc3ccccc3)s2)cc1. The van der Waals surface area contributed by atoms with E-state index in [4.69, 9.17) is 0 Å². The smallest absolute Gasteiger partial charge is 0.234 e. The zero-order valence-corrected chi connectivity index (χ0v) is 17.7. The zero-order chi connectivity index (χ0) is 21.3. The van der Waals surface area contributed by atoms with Crippen molar-refractivity contribution in [1.29, 1.82) is 0 Å². The Labute approximate surface area is 181 Å². The zero-order valence-electron chi connectivity index (χ0n) is 16.0. The van der Waals surface area contributed by atoms with Gasteiger partial charge < -0.3 is 16.0 Å². The van der Waals surface area contributed by atoms with Crippen LogP contribution in [0.4, 0.5) is 16.5 Å². The van der Waals surface area contributed by atoms with Crippen LogP contribution in [0.1, 0.15) is 12.5 Å². The van der Waals surface area contributed by atoms with Crippen molar-refractivity contribution in [2.24, 2.45) is 0 Å². The summed E-state index contributed by atoms with van der Waals surface area (Å²) in [5, 5.41) is 16.5. The van der Waals surface area contributed by atoms with Crippen molar-refractivity contribution in [3.8, 4) is 0 Å². The summed E-state index contributed by atoms with van der Waals surface area (Å²) in [7, 11) is 0. The number of nitrogens with one attached hydrogen (secondary N) is 3. The standard InChI is InChI=1S/C20H19N5O3S2/c1-13(26)21-15-7-9-16(10-8-15)22-18(28)12-29-20-25-24-19(30-20)23-17(27)11-14-5-3-2-4-6-14/h2-10H,11-12H2,1H3,(H,21,26)(H,22,28)(H,23,24,27). The minimum atomic E-state index is -0.197. The van der Waals surface area contributed by atoms with Crippen molar-refractivity contribution in [2.75, 3.05) is 21.7 Å². The molecule has 3 aromatic rings. The average molecular weight is 442 g/mol. The quantitative estimate of drug-likeness (QED) is 0.365. The van der Waals surface area contributed by atoms with Gasteiger partial charge in [-0.1, -0.05) is 53.4 Å². The number of aromatic nitrogens is 2. The van der Waals surface area contributed by atoms with Gasteiger partial charge in [-0.15, -0.1) is 10.2 Å². The molecule has 3 N–H and O–H groups in total. The van der Waals surface area contributed by atoms with E-state index >= 15 is 0 Å². The third kappa shape index (κ3) is 6.98. The largest absolute Gasteiger partial charge is 0.326 e. The van der Waals surface area contributed by atoms with Gasteiger partial charge in [-0.2, -0.15) is 0 Å². The van der Waals surface area contributed by atoms with Gasteiger partial charge in [-0.05, 0) is 29.8 Å². The minimum Gasteiger partial charge on any atom is -0.326 e. The molecule has 0 radical (unpaired) electrons. The number of anilines is 3. The van der Waals surface area contributed by atoms with Crippen molar-refractivity contribution in [1.82, 2.24) is 10.2 Å². The molecule has 0 atom stereocenters. The molecule has 0 saturated carbocycles. The highest BCUT2D eigenvalue weighted by Crippen LogP contribution is 2.25. The summed E-state index contributed by atoms with van der Waals surface area (Å²) < 4.78 is 0.584. The van der Waals surface area contributed by atoms with Crippen LogP contribution in [0.15, 0.2) is 58.9 Å². The predicted molar refractivity (Wildman–Crippen MR) is 119 cm³/mol. The summed E-state index contributed by atoms with van der Waals surface area (Å²) in [4.78, 5) is 35.2. The van der Waals surface area contributed by atoms with Crippen LogP contribution in [0.25, 0.3) is 0 Å². The molecule has 0 aliphatic rings. The molecule has 0 saturated heterocycles. The van der Waals surface area contributed by atoms with Gasteiger partial charge in [0.1, 0.15) is 0 Å². The second kappa shape index (κ2) is 10.5. The Morgan fingerprint density at radius 3 is 2.20 bits per heavy atom. The lowest BCUT2D eigenvalue weighted by molar-refractivity contribution is -0.116. The Bertz CT molecular complexity index is 1020. The lowest BCUT2D eigenvalue weighted by Crippen LogP contribution is -2.14. The van der Waals surface area contributed by atoms with Gasteiger partial charge in [-0.3, -0.25) is 14.4 Å². The lowest BCUT2D eigenvalue weighted by Gasteiger charge is -2.06. The van der Waals surface area contributed by atoms with Crippen molar-refractivity contribution in [2.45, 2.75) is 17.7 Å². The molecule has 0 aliphatic heterocycles. The summed E-state index contributed by atoms with van der Waals surface area (Å²) >= 11 is 2.45. The number of carbonyl (C=O) groups is 3. The van der Waals surface area contributed by atoms with Crippen LogP contribution >= 0.6 is 23.1 Å². The first-order chi connectivity index (χ1) is 14.5. The van der Waals surface area contributed by atoms with Gasteiger partial charge in [0.05, 0.1) is 12.2 Å². The number of rotatable bonds is 8. The molecular formula is C20H19N5O3S2. The summed E-state index contributed by atoms with van der Waals surface area (Å²) in [6.45, 7) is 1.43. The predicted octanol–water partition coefficient (Wildman–Crippen LogP) is 3.41. The molecule has 0 spiro atoms. The van der Waals surface area contributed by atoms with Gasteiger partial charge in [0, 0.05) is 18.3 Å². The third-order valence-electron chi connectivity index (χ3n) is 3.68. The van der Waals surface area contributed by atoms with Crippen LogP contribution < -0.4 is 16.0 Å². The van der Waals surface area contributed by atoms with Crippen LogP contribution in [-0.4, -0.2) is 33.7 Å². The number of hydrogen-bond donors (Lipinski definition) is 3. The Hall–Kier alpha value is -3.24. The number of benzene rings is 2. The van der Waals surface area contributed by atoms with Gasteiger partial charge in [0.15, 0.2) is 4.34 Å². The average Bonchev–Trinajstić information content (AvgIpc) is 3.15. The van der Waals surface area contributed by atoms with E-state index in [9.17, 15) is 14.4 Å². The highest BCUT2D eigenvalue weighted by molar-refractivity contribution is 8.01. The highest BCUT2D eigenvalue weighted by Gasteiger charge is 2.11. The van der Waals surface area contributed by atoms with Gasteiger partial charge in [0.25, 0.3) is 0 Å². The maximum absolute atomic E-state index is 12.1. The number of thioether (sulfide) groups is 1. The van der Waals surface area contributed by atoms with Crippen molar-refractivity contribution in [3.05, 3.63) is 60.2 Å². The van der Waals surface area contributed by atoms with Gasteiger partial charge in [-0.25, -0.2) is 0 Å². The number of amides is 3. The summed E-state index contributed by atoms with van der Waals surface area (Å²) in [5.74, 6) is -0.373. The Kier molecular flexibility index (Phi) is 7.52. The molecule has 0 unspecified atom stereocenters. The molecule has 0 aliphatic carbocycles. The number of hydrogen-bond acceptors (Lipinski definition) is 7. The molecule has 30 heavy (non-hydrogen) atoms. The first kappa shape index (κ1) is 21.5. The maximum atomic E-state index is 12.1. The van der Waals surface area contributed by atoms with Crippen molar-refractivity contribution >= 4 is 57.3 Å². The highest BCUT2D eigenvalue weighted by atomic mass is 32.2. The topological polar surface area (TPSA) is 113 Å². The van der Waals surface area contributed by atoms with Gasteiger partial charge in [0.2, 0.25) is 22.9 Å². The fourth-order valence-corrected chi connectivity index (χ4v) is 4.00. The monoisotopic (exact) mass is 441 g/mol. The van der Waals surface area contributed by atoms with E-state index in [0.29, 0.717) is 20.8 Å². The maximum Gasteiger partial charge on any atom is 0.234 e. The fourth-order valence-electron chi connectivity index (χ4n) is 2.43. The fraction of sp³-hybridized carbons (Fsp3) is 0.150. The molecule has 3 amide bonds. The normalized spacial score (nSPS) is 10.3. The first-order valence-corrected chi connectivity index (χ1v) is 10.8. The Morgan fingerprint density at radius 1 is 0.867 bits per heavy atom. The van der Waals surface area contributed by atoms with E-state index in [1.54, 1.807) is 24.3 Å². The van der Waals surface area contributed by atoms with Gasteiger partial charge >= 0.3 is 0 Å².